The molecule has 0 aliphatic heterocycles. The van der Waals surface area contributed by atoms with Gasteiger partial charge in [0.25, 0.3) is 0 Å². The number of hydrogen-bond acceptors (Lipinski definition) is 2. The van der Waals surface area contributed by atoms with Crippen molar-refractivity contribution >= 4 is 21.5 Å². The first-order valence-electron chi connectivity index (χ1n) is 10.9. The maximum absolute atomic E-state index is 6.33. The lowest BCUT2D eigenvalue weighted by Crippen LogP contribution is -1.92. The molecule has 2 nitrogen and oxygen atoms in total. The van der Waals surface area contributed by atoms with Gasteiger partial charge in [-0.3, -0.25) is 0 Å². The highest BCUT2D eigenvalue weighted by molar-refractivity contribution is 5.94. The van der Waals surface area contributed by atoms with Gasteiger partial charge >= 0.3 is 0 Å². The fraction of sp³-hybridized carbons (Fsp3) is 0.133. The van der Waals surface area contributed by atoms with Crippen molar-refractivity contribution in [3.63, 3.8) is 0 Å². The summed E-state index contributed by atoms with van der Waals surface area (Å²) >= 11 is 0. The Morgan fingerprint density at radius 2 is 0.844 bits per heavy atom. The molecule has 0 bridgehead atoms. The topological polar surface area (TPSA) is 18.5 Å². The minimum absolute atomic E-state index is 0.752. The molecule has 158 valence electrons. The predicted molar refractivity (Wildman–Crippen MR) is 133 cm³/mol. The Balaban J connectivity index is 1.50. The minimum atomic E-state index is 0.752. The third kappa shape index (κ3) is 3.58. The van der Waals surface area contributed by atoms with Gasteiger partial charge in [-0.05, 0) is 85.0 Å². The van der Waals surface area contributed by atoms with Crippen LogP contribution in [0.1, 0.15) is 22.3 Å². The average Bonchev–Trinajstić information content (AvgIpc) is 2.78. The molecule has 0 spiro atoms. The fourth-order valence-electron chi connectivity index (χ4n) is 4.57. The first kappa shape index (κ1) is 20.1. The van der Waals surface area contributed by atoms with E-state index in [2.05, 4.69) is 76.2 Å². The molecule has 0 amide bonds. The maximum Gasteiger partial charge on any atom is 0.135 e. The Hall–Kier alpha value is -3.78. The summed E-state index contributed by atoms with van der Waals surface area (Å²) < 4.78 is 12.7. The highest BCUT2D eigenvalue weighted by atomic mass is 16.5. The van der Waals surface area contributed by atoms with Crippen molar-refractivity contribution in [2.75, 3.05) is 0 Å². The van der Waals surface area contributed by atoms with Crippen LogP contribution in [0.25, 0.3) is 21.5 Å². The van der Waals surface area contributed by atoms with Gasteiger partial charge in [-0.1, -0.05) is 54.6 Å². The Kier molecular flexibility index (Phi) is 5.07. The fourth-order valence-corrected chi connectivity index (χ4v) is 4.57. The van der Waals surface area contributed by atoms with E-state index in [1.54, 1.807) is 0 Å². The van der Waals surface area contributed by atoms with Crippen molar-refractivity contribution in [1.82, 2.24) is 0 Å². The van der Waals surface area contributed by atoms with Crippen molar-refractivity contribution < 1.29 is 9.47 Å². The minimum Gasteiger partial charge on any atom is -0.457 e. The summed E-state index contributed by atoms with van der Waals surface area (Å²) in [5.41, 5.74) is 5.02. The normalized spacial score (nSPS) is 11.1. The van der Waals surface area contributed by atoms with Gasteiger partial charge in [-0.2, -0.15) is 0 Å². The predicted octanol–water partition coefficient (Wildman–Crippen LogP) is 8.81. The van der Waals surface area contributed by atoms with Crippen molar-refractivity contribution in [1.29, 1.82) is 0 Å². The average molecular weight is 419 g/mol. The monoisotopic (exact) mass is 418 g/mol. The summed E-state index contributed by atoms with van der Waals surface area (Å²) in [6.07, 6.45) is 0. The summed E-state index contributed by atoms with van der Waals surface area (Å²) in [6, 6.07) is 28.8. The van der Waals surface area contributed by atoms with Gasteiger partial charge in [0.1, 0.15) is 23.0 Å². The van der Waals surface area contributed by atoms with Crippen LogP contribution in [-0.4, -0.2) is 0 Å². The van der Waals surface area contributed by atoms with Crippen molar-refractivity contribution in [3.05, 3.63) is 107 Å². The lowest BCUT2D eigenvalue weighted by molar-refractivity contribution is 0.465. The van der Waals surface area contributed by atoms with Gasteiger partial charge < -0.3 is 9.47 Å². The summed E-state index contributed by atoms with van der Waals surface area (Å²) in [4.78, 5) is 0. The number of ether oxygens (including phenoxy) is 2. The van der Waals surface area contributed by atoms with Crippen LogP contribution >= 0.6 is 0 Å². The smallest absolute Gasteiger partial charge is 0.135 e. The van der Waals surface area contributed by atoms with Crippen LogP contribution in [0.5, 0.6) is 23.0 Å². The lowest BCUT2D eigenvalue weighted by atomic mass is 10.00. The van der Waals surface area contributed by atoms with Crippen LogP contribution in [0, 0.1) is 27.7 Å². The Labute approximate surface area is 189 Å². The van der Waals surface area contributed by atoms with Crippen LogP contribution in [0.3, 0.4) is 0 Å². The summed E-state index contributed by atoms with van der Waals surface area (Å²) in [5.74, 6) is 3.20. The number of rotatable bonds is 4. The maximum atomic E-state index is 6.33. The third-order valence-corrected chi connectivity index (χ3v) is 6.10. The molecule has 0 aliphatic rings. The molecule has 5 aromatic carbocycles. The van der Waals surface area contributed by atoms with E-state index in [4.69, 9.17) is 9.47 Å². The van der Waals surface area contributed by atoms with Crippen molar-refractivity contribution in [2.45, 2.75) is 27.7 Å². The standard InChI is InChI=1S/C30H26O2/c1-19-8-5-12-25-27(16-14-21(3)29(19)25)31-23-10-7-11-24(18-23)32-28-17-15-22(4)30-20(2)9-6-13-26(28)30/h5-18H,1-4H3. The summed E-state index contributed by atoms with van der Waals surface area (Å²) in [7, 11) is 0. The van der Waals surface area contributed by atoms with Crippen LogP contribution in [-0.2, 0) is 0 Å². The second-order valence-electron chi connectivity index (χ2n) is 8.44. The molecule has 0 fully saturated rings. The molecule has 0 saturated carbocycles. The van der Waals surface area contributed by atoms with Crippen molar-refractivity contribution in [2.24, 2.45) is 0 Å². The first-order valence-corrected chi connectivity index (χ1v) is 10.9. The zero-order valence-corrected chi connectivity index (χ0v) is 18.9. The van der Waals surface area contributed by atoms with E-state index in [1.807, 2.05) is 36.4 Å². The summed E-state index contributed by atoms with van der Waals surface area (Å²) in [6.45, 7) is 8.56. The van der Waals surface area contributed by atoms with Gasteiger partial charge in [0.15, 0.2) is 0 Å². The molecule has 0 aliphatic carbocycles. The molecule has 5 rings (SSSR count). The first-order chi connectivity index (χ1) is 15.5. The van der Waals surface area contributed by atoms with E-state index in [1.165, 1.54) is 33.0 Å². The molecule has 0 saturated heterocycles. The van der Waals surface area contributed by atoms with E-state index < -0.39 is 0 Å². The second-order valence-corrected chi connectivity index (χ2v) is 8.44. The number of hydrogen-bond donors (Lipinski definition) is 0. The highest BCUT2D eigenvalue weighted by Crippen LogP contribution is 2.37. The molecular formula is C30H26O2. The largest absolute Gasteiger partial charge is 0.457 e. The van der Waals surface area contributed by atoms with Gasteiger partial charge in [-0.25, -0.2) is 0 Å². The molecule has 0 atom stereocenters. The van der Waals surface area contributed by atoms with E-state index >= 15 is 0 Å². The molecule has 0 unspecified atom stereocenters. The summed E-state index contributed by atoms with van der Waals surface area (Å²) in [5, 5.41) is 4.74. The molecule has 5 aromatic rings. The number of fused-ring (bicyclic) bond motifs is 2. The molecule has 2 heteroatoms. The molecule has 32 heavy (non-hydrogen) atoms. The van der Waals surface area contributed by atoms with Crippen LogP contribution in [0.15, 0.2) is 84.9 Å². The van der Waals surface area contributed by atoms with Gasteiger partial charge in [0.05, 0.1) is 0 Å². The van der Waals surface area contributed by atoms with E-state index in [0.29, 0.717) is 0 Å². The van der Waals surface area contributed by atoms with E-state index in [9.17, 15) is 0 Å². The highest BCUT2D eigenvalue weighted by Gasteiger charge is 2.11. The van der Waals surface area contributed by atoms with Crippen LogP contribution in [0.4, 0.5) is 0 Å². The second kappa shape index (κ2) is 8.05. The van der Waals surface area contributed by atoms with Crippen molar-refractivity contribution in [3.8, 4) is 23.0 Å². The third-order valence-electron chi connectivity index (χ3n) is 6.10. The number of aryl methyl sites for hydroxylation is 4. The Bertz CT molecular complexity index is 1340. The van der Waals surface area contributed by atoms with Gasteiger partial charge in [0, 0.05) is 16.8 Å². The molecule has 0 N–H and O–H groups in total. The molecule has 0 radical (unpaired) electrons. The van der Waals surface area contributed by atoms with Gasteiger partial charge in [-0.15, -0.1) is 0 Å². The molecule has 0 aromatic heterocycles. The van der Waals surface area contributed by atoms with Crippen LogP contribution < -0.4 is 9.47 Å². The SMILES string of the molecule is Cc1cccc2c(Oc3cccc(Oc4ccc(C)c5c(C)cccc45)c3)ccc(C)c12. The lowest BCUT2D eigenvalue weighted by Gasteiger charge is -2.15. The zero-order chi connectivity index (χ0) is 22.2. The quantitative estimate of drug-likeness (QED) is 0.290. The Morgan fingerprint density at radius 3 is 1.31 bits per heavy atom. The van der Waals surface area contributed by atoms with E-state index in [-0.39, 0.29) is 0 Å². The Morgan fingerprint density at radius 1 is 0.438 bits per heavy atom. The number of benzene rings is 5. The van der Waals surface area contributed by atoms with Crippen LogP contribution in [0.2, 0.25) is 0 Å². The van der Waals surface area contributed by atoms with E-state index in [0.717, 1.165) is 33.8 Å². The van der Waals surface area contributed by atoms with Gasteiger partial charge in [0.2, 0.25) is 0 Å². The molecule has 0 heterocycles. The zero-order valence-electron chi connectivity index (χ0n) is 18.9. The molecular weight excluding hydrogens is 392 g/mol.